The molecule has 1 aromatic heterocycles. The molecule has 1 atom stereocenters. The van der Waals surface area contributed by atoms with Crippen molar-refractivity contribution in [1.29, 1.82) is 0 Å². The second kappa shape index (κ2) is 7.72. The SMILES string of the molecule is CCCOc1ccc(NCc2ccn(C(C)CC)n2)cc1. The largest absolute Gasteiger partial charge is 0.494 e. The van der Waals surface area contributed by atoms with Crippen LogP contribution in [0, 0.1) is 0 Å². The number of nitrogens with zero attached hydrogens (tertiary/aromatic N) is 2. The third-order valence-electron chi connectivity index (χ3n) is 3.51. The molecule has 0 saturated heterocycles. The summed E-state index contributed by atoms with van der Waals surface area (Å²) in [6.07, 6.45) is 4.17. The molecule has 0 radical (unpaired) electrons. The van der Waals surface area contributed by atoms with Crippen LogP contribution in [-0.4, -0.2) is 16.4 Å². The lowest BCUT2D eigenvalue weighted by molar-refractivity contribution is 0.317. The highest BCUT2D eigenvalue weighted by molar-refractivity contribution is 5.46. The van der Waals surface area contributed by atoms with E-state index in [0.29, 0.717) is 6.04 Å². The van der Waals surface area contributed by atoms with Gasteiger partial charge >= 0.3 is 0 Å². The van der Waals surface area contributed by atoms with Crippen LogP contribution in [0.5, 0.6) is 5.75 Å². The van der Waals surface area contributed by atoms with Crippen molar-refractivity contribution in [3.63, 3.8) is 0 Å². The van der Waals surface area contributed by atoms with Gasteiger partial charge in [0.15, 0.2) is 0 Å². The van der Waals surface area contributed by atoms with Crippen molar-refractivity contribution >= 4 is 5.69 Å². The van der Waals surface area contributed by atoms with Crippen molar-refractivity contribution in [2.45, 2.75) is 46.2 Å². The van der Waals surface area contributed by atoms with Gasteiger partial charge in [0, 0.05) is 17.9 Å². The molecule has 2 aromatic rings. The Balaban J connectivity index is 1.86. The zero-order chi connectivity index (χ0) is 15.1. The number of rotatable bonds is 8. The van der Waals surface area contributed by atoms with E-state index in [1.54, 1.807) is 0 Å². The van der Waals surface area contributed by atoms with E-state index in [1.807, 2.05) is 35.1 Å². The van der Waals surface area contributed by atoms with Crippen molar-refractivity contribution in [1.82, 2.24) is 9.78 Å². The van der Waals surface area contributed by atoms with Gasteiger partial charge in [0.2, 0.25) is 0 Å². The van der Waals surface area contributed by atoms with Crippen molar-refractivity contribution in [3.8, 4) is 5.75 Å². The molecule has 1 N–H and O–H groups in total. The summed E-state index contributed by atoms with van der Waals surface area (Å²) in [4.78, 5) is 0. The van der Waals surface area contributed by atoms with E-state index in [0.717, 1.165) is 43.1 Å². The van der Waals surface area contributed by atoms with Gasteiger partial charge in [-0.3, -0.25) is 4.68 Å². The maximum Gasteiger partial charge on any atom is 0.119 e. The number of hydrogen-bond donors (Lipinski definition) is 1. The van der Waals surface area contributed by atoms with Gasteiger partial charge in [-0.1, -0.05) is 13.8 Å². The minimum atomic E-state index is 0.453. The van der Waals surface area contributed by atoms with E-state index >= 15 is 0 Å². The normalized spacial score (nSPS) is 12.1. The zero-order valence-corrected chi connectivity index (χ0v) is 13.2. The number of aromatic nitrogens is 2. The molecule has 0 amide bonds. The summed E-state index contributed by atoms with van der Waals surface area (Å²) in [7, 11) is 0. The fourth-order valence-electron chi connectivity index (χ4n) is 1.99. The van der Waals surface area contributed by atoms with Crippen LogP contribution in [0.1, 0.15) is 45.3 Å². The smallest absolute Gasteiger partial charge is 0.119 e. The molecule has 114 valence electrons. The molecule has 21 heavy (non-hydrogen) atoms. The molecule has 0 fully saturated rings. The first-order valence-electron chi connectivity index (χ1n) is 7.73. The molecule has 1 unspecified atom stereocenters. The van der Waals surface area contributed by atoms with Crippen molar-refractivity contribution < 1.29 is 4.74 Å². The zero-order valence-electron chi connectivity index (χ0n) is 13.2. The quantitative estimate of drug-likeness (QED) is 0.788. The van der Waals surface area contributed by atoms with Crippen molar-refractivity contribution in [3.05, 3.63) is 42.2 Å². The Morgan fingerprint density at radius 1 is 1.19 bits per heavy atom. The van der Waals surface area contributed by atoms with E-state index in [9.17, 15) is 0 Å². The Morgan fingerprint density at radius 3 is 2.62 bits per heavy atom. The number of nitrogens with one attached hydrogen (secondary N) is 1. The molecule has 0 aliphatic rings. The lowest BCUT2D eigenvalue weighted by atomic mass is 10.3. The van der Waals surface area contributed by atoms with Crippen LogP contribution in [0.4, 0.5) is 5.69 Å². The molecule has 0 spiro atoms. The molecule has 1 aromatic carbocycles. The summed E-state index contributed by atoms with van der Waals surface area (Å²) in [5, 5.41) is 7.97. The standard InChI is InChI=1S/C17H25N3O/c1-4-12-21-17-8-6-15(7-9-17)18-13-16-10-11-20(19-16)14(3)5-2/h6-11,14,18H,4-5,12-13H2,1-3H3. The average Bonchev–Trinajstić information content (AvgIpc) is 3.00. The molecule has 0 saturated carbocycles. The first-order valence-corrected chi connectivity index (χ1v) is 7.73. The number of hydrogen-bond acceptors (Lipinski definition) is 3. The van der Waals surface area contributed by atoms with Gasteiger partial charge in [0.1, 0.15) is 5.75 Å². The maximum atomic E-state index is 5.57. The Hall–Kier alpha value is -1.97. The van der Waals surface area contributed by atoms with E-state index < -0.39 is 0 Å². The molecular weight excluding hydrogens is 262 g/mol. The van der Waals surface area contributed by atoms with Gasteiger partial charge in [-0.25, -0.2) is 0 Å². The Labute approximate surface area is 127 Å². The number of benzene rings is 1. The number of ether oxygens (including phenoxy) is 1. The Bertz CT molecular complexity index is 533. The summed E-state index contributed by atoms with van der Waals surface area (Å²) in [6, 6.07) is 10.6. The Kier molecular flexibility index (Phi) is 5.67. The second-order valence-corrected chi connectivity index (χ2v) is 5.27. The Morgan fingerprint density at radius 2 is 1.95 bits per heavy atom. The van der Waals surface area contributed by atoms with Gasteiger partial charge in [-0.2, -0.15) is 5.10 Å². The highest BCUT2D eigenvalue weighted by Crippen LogP contribution is 2.17. The molecular formula is C17H25N3O. The predicted molar refractivity (Wildman–Crippen MR) is 86.8 cm³/mol. The van der Waals surface area contributed by atoms with Gasteiger partial charge in [-0.15, -0.1) is 0 Å². The highest BCUT2D eigenvalue weighted by atomic mass is 16.5. The lowest BCUT2D eigenvalue weighted by Crippen LogP contribution is -2.06. The van der Waals surface area contributed by atoms with Crippen molar-refractivity contribution in [2.24, 2.45) is 0 Å². The minimum Gasteiger partial charge on any atom is -0.494 e. The monoisotopic (exact) mass is 287 g/mol. The predicted octanol–water partition coefficient (Wildman–Crippen LogP) is 4.26. The molecule has 2 rings (SSSR count). The molecule has 4 heteroatoms. The van der Waals surface area contributed by atoms with Crippen LogP contribution in [-0.2, 0) is 6.54 Å². The van der Waals surface area contributed by atoms with Crippen LogP contribution in [0.15, 0.2) is 36.5 Å². The fourth-order valence-corrected chi connectivity index (χ4v) is 1.99. The first-order chi connectivity index (χ1) is 10.2. The second-order valence-electron chi connectivity index (χ2n) is 5.27. The highest BCUT2D eigenvalue weighted by Gasteiger charge is 2.04. The van der Waals surface area contributed by atoms with E-state index in [4.69, 9.17) is 4.74 Å². The van der Waals surface area contributed by atoms with Gasteiger partial charge in [0.25, 0.3) is 0 Å². The minimum absolute atomic E-state index is 0.453. The van der Waals surface area contributed by atoms with Crippen LogP contribution >= 0.6 is 0 Å². The molecule has 0 bridgehead atoms. The molecule has 1 heterocycles. The summed E-state index contributed by atoms with van der Waals surface area (Å²) < 4.78 is 7.60. The number of anilines is 1. The van der Waals surface area contributed by atoms with E-state index in [2.05, 4.69) is 37.3 Å². The third kappa shape index (κ3) is 4.52. The molecule has 0 aliphatic heterocycles. The van der Waals surface area contributed by atoms with Gasteiger partial charge < -0.3 is 10.1 Å². The summed E-state index contributed by atoms with van der Waals surface area (Å²) >= 11 is 0. The topological polar surface area (TPSA) is 39.1 Å². The molecule has 0 aliphatic carbocycles. The average molecular weight is 287 g/mol. The van der Waals surface area contributed by atoms with Gasteiger partial charge in [0.05, 0.1) is 18.8 Å². The van der Waals surface area contributed by atoms with Crippen LogP contribution in [0.25, 0.3) is 0 Å². The van der Waals surface area contributed by atoms with E-state index in [1.165, 1.54) is 0 Å². The van der Waals surface area contributed by atoms with Crippen molar-refractivity contribution in [2.75, 3.05) is 11.9 Å². The summed E-state index contributed by atoms with van der Waals surface area (Å²) in [5.41, 5.74) is 2.14. The first kappa shape index (κ1) is 15.4. The third-order valence-corrected chi connectivity index (χ3v) is 3.51. The van der Waals surface area contributed by atoms with E-state index in [-0.39, 0.29) is 0 Å². The maximum absolute atomic E-state index is 5.57. The summed E-state index contributed by atoms with van der Waals surface area (Å²) in [6.45, 7) is 7.96. The molecule has 4 nitrogen and oxygen atoms in total. The van der Waals surface area contributed by atoms with Crippen LogP contribution in [0.3, 0.4) is 0 Å². The fraction of sp³-hybridized carbons (Fsp3) is 0.471. The lowest BCUT2D eigenvalue weighted by Gasteiger charge is -2.09. The van der Waals surface area contributed by atoms with Crippen LogP contribution in [0.2, 0.25) is 0 Å². The van der Waals surface area contributed by atoms with Crippen LogP contribution < -0.4 is 10.1 Å². The summed E-state index contributed by atoms with van der Waals surface area (Å²) in [5.74, 6) is 0.920. The van der Waals surface area contributed by atoms with Gasteiger partial charge in [-0.05, 0) is 50.1 Å².